The summed E-state index contributed by atoms with van der Waals surface area (Å²) in [6.07, 6.45) is 0.295. The highest BCUT2D eigenvalue weighted by atomic mass is 79.9. The number of rotatable bonds is 5. The van der Waals surface area contributed by atoms with Crippen LogP contribution in [0.1, 0.15) is 18.0 Å². The number of nitrogens with one attached hydrogen (secondary N) is 1. The van der Waals surface area contributed by atoms with E-state index in [0.717, 1.165) is 10.0 Å². The Morgan fingerprint density at radius 2 is 2.00 bits per heavy atom. The summed E-state index contributed by atoms with van der Waals surface area (Å²) in [4.78, 5) is 0. The van der Waals surface area contributed by atoms with Crippen LogP contribution in [0, 0.1) is 5.82 Å². The summed E-state index contributed by atoms with van der Waals surface area (Å²) >= 11 is 3.37. The largest absolute Gasteiger partial charge is 0.409 e. The molecule has 0 aromatic heterocycles. The Kier molecular flexibility index (Phi) is 5.16. The number of amidine groups is 1. The number of oxime groups is 1. The molecular formula is C15H15BrFN3O. The lowest BCUT2D eigenvalue weighted by atomic mass is 10.0. The molecule has 0 spiro atoms. The standard InChI is InChI=1S/C15H15BrFN3O/c16-12-7-6-11(17)8-14(12)19-13(9-15(18)20-21)10-4-2-1-3-5-10/h1-8,13,19,21H,9H2,(H2,18,20). The van der Waals surface area contributed by atoms with Crippen LogP contribution < -0.4 is 11.1 Å². The zero-order chi connectivity index (χ0) is 15.2. The van der Waals surface area contributed by atoms with Gasteiger partial charge in [0.1, 0.15) is 11.7 Å². The van der Waals surface area contributed by atoms with E-state index >= 15 is 0 Å². The molecule has 0 radical (unpaired) electrons. The summed E-state index contributed by atoms with van der Waals surface area (Å²) in [5.74, 6) is -0.236. The molecule has 1 atom stereocenters. The number of halogens is 2. The molecule has 6 heteroatoms. The van der Waals surface area contributed by atoms with Gasteiger partial charge in [0.15, 0.2) is 0 Å². The molecule has 1 unspecified atom stereocenters. The lowest BCUT2D eigenvalue weighted by molar-refractivity contribution is 0.316. The van der Waals surface area contributed by atoms with Crippen LogP contribution in [0.25, 0.3) is 0 Å². The van der Waals surface area contributed by atoms with Crippen LogP contribution in [0.2, 0.25) is 0 Å². The van der Waals surface area contributed by atoms with E-state index in [0.29, 0.717) is 12.1 Å². The minimum atomic E-state index is -0.337. The van der Waals surface area contributed by atoms with E-state index in [1.807, 2.05) is 30.3 Å². The number of hydrogen-bond donors (Lipinski definition) is 3. The van der Waals surface area contributed by atoms with Gasteiger partial charge >= 0.3 is 0 Å². The average molecular weight is 352 g/mol. The van der Waals surface area contributed by atoms with Crippen molar-refractivity contribution in [3.05, 3.63) is 64.4 Å². The quantitative estimate of drug-likeness (QED) is 0.331. The average Bonchev–Trinajstić information content (AvgIpc) is 2.51. The first-order valence-corrected chi connectivity index (χ1v) is 7.12. The van der Waals surface area contributed by atoms with E-state index in [4.69, 9.17) is 10.9 Å². The van der Waals surface area contributed by atoms with E-state index in [1.54, 1.807) is 6.07 Å². The molecule has 0 aliphatic heterocycles. The van der Waals surface area contributed by atoms with Gasteiger partial charge in [0.05, 0.1) is 11.7 Å². The monoisotopic (exact) mass is 351 g/mol. The van der Waals surface area contributed by atoms with Crippen molar-refractivity contribution in [2.24, 2.45) is 10.9 Å². The minimum absolute atomic E-state index is 0.101. The smallest absolute Gasteiger partial charge is 0.141 e. The molecule has 2 rings (SSSR count). The fourth-order valence-corrected chi connectivity index (χ4v) is 2.34. The fourth-order valence-electron chi connectivity index (χ4n) is 1.98. The van der Waals surface area contributed by atoms with E-state index < -0.39 is 0 Å². The van der Waals surface area contributed by atoms with Crippen LogP contribution in [0.4, 0.5) is 10.1 Å². The number of anilines is 1. The lowest BCUT2D eigenvalue weighted by Gasteiger charge is -2.21. The number of nitrogens with zero attached hydrogens (tertiary/aromatic N) is 1. The molecule has 21 heavy (non-hydrogen) atoms. The van der Waals surface area contributed by atoms with Crippen molar-refractivity contribution < 1.29 is 9.60 Å². The van der Waals surface area contributed by atoms with Gasteiger partial charge in [0.2, 0.25) is 0 Å². The number of hydrogen-bond acceptors (Lipinski definition) is 3. The van der Waals surface area contributed by atoms with Crippen LogP contribution in [-0.4, -0.2) is 11.0 Å². The van der Waals surface area contributed by atoms with E-state index in [2.05, 4.69) is 26.4 Å². The zero-order valence-electron chi connectivity index (χ0n) is 11.1. The lowest BCUT2D eigenvalue weighted by Crippen LogP contribution is -2.21. The normalized spacial score (nSPS) is 13.0. The van der Waals surface area contributed by atoms with Crippen molar-refractivity contribution in [1.82, 2.24) is 0 Å². The Balaban J connectivity index is 2.29. The highest BCUT2D eigenvalue weighted by Gasteiger charge is 2.15. The highest BCUT2D eigenvalue weighted by molar-refractivity contribution is 9.10. The summed E-state index contributed by atoms with van der Waals surface area (Å²) in [5, 5.41) is 15.0. The first kappa shape index (κ1) is 15.3. The third-order valence-corrected chi connectivity index (χ3v) is 3.69. The van der Waals surface area contributed by atoms with Gasteiger partial charge in [0.25, 0.3) is 0 Å². The summed E-state index contributed by atoms with van der Waals surface area (Å²) in [7, 11) is 0. The third-order valence-electron chi connectivity index (χ3n) is 3.00. The van der Waals surface area contributed by atoms with Crippen molar-refractivity contribution in [2.45, 2.75) is 12.5 Å². The van der Waals surface area contributed by atoms with Crippen LogP contribution in [0.15, 0.2) is 58.2 Å². The fraction of sp³-hybridized carbons (Fsp3) is 0.133. The van der Waals surface area contributed by atoms with Crippen molar-refractivity contribution in [1.29, 1.82) is 0 Å². The van der Waals surface area contributed by atoms with Crippen LogP contribution >= 0.6 is 15.9 Å². The summed E-state index contributed by atoms with van der Waals surface area (Å²) in [5.41, 5.74) is 7.17. The second kappa shape index (κ2) is 7.08. The molecule has 0 fully saturated rings. The number of nitrogens with two attached hydrogens (primary N) is 1. The highest BCUT2D eigenvalue weighted by Crippen LogP contribution is 2.29. The van der Waals surface area contributed by atoms with E-state index in [1.165, 1.54) is 12.1 Å². The maximum absolute atomic E-state index is 13.4. The van der Waals surface area contributed by atoms with E-state index in [-0.39, 0.29) is 17.7 Å². The molecule has 0 heterocycles. The molecule has 110 valence electrons. The van der Waals surface area contributed by atoms with Crippen molar-refractivity contribution in [3.63, 3.8) is 0 Å². The number of benzene rings is 2. The van der Waals surface area contributed by atoms with Gasteiger partial charge in [-0.3, -0.25) is 0 Å². The van der Waals surface area contributed by atoms with Gasteiger partial charge in [-0.1, -0.05) is 35.5 Å². The molecule has 0 aliphatic carbocycles. The molecule has 0 saturated carbocycles. The molecule has 2 aromatic carbocycles. The maximum Gasteiger partial charge on any atom is 0.141 e. The molecule has 2 aromatic rings. The van der Waals surface area contributed by atoms with Crippen LogP contribution in [0.3, 0.4) is 0 Å². The Morgan fingerprint density at radius 1 is 1.29 bits per heavy atom. The Bertz CT molecular complexity index is 634. The summed E-state index contributed by atoms with van der Waals surface area (Å²) < 4.78 is 14.1. The predicted molar refractivity (Wildman–Crippen MR) is 84.9 cm³/mol. The van der Waals surface area contributed by atoms with Crippen molar-refractivity contribution >= 4 is 27.5 Å². The zero-order valence-corrected chi connectivity index (χ0v) is 12.7. The predicted octanol–water partition coefficient (Wildman–Crippen LogP) is 3.88. The van der Waals surface area contributed by atoms with Crippen LogP contribution in [-0.2, 0) is 0 Å². The molecule has 0 bridgehead atoms. The second-order valence-corrected chi connectivity index (χ2v) is 5.38. The molecule has 4 nitrogen and oxygen atoms in total. The van der Waals surface area contributed by atoms with Gasteiger partial charge in [-0.15, -0.1) is 0 Å². The Labute approximate surface area is 130 Å². The molecule has 4 N–H and O–H groups in total. The van der Waals surface area contributed by atoms with E-state index in [9.17, 15) is 4.39 Å². The van der Waals surface area contributed by atoms with Gasteiger partial charge < -0.3 is 16.3 Å². The molecular weight excluding hydrogens is 337 g/mol. The second-order valence-electron chi connectivity index (χ2n) is 4.53. The SMILES string of the molecule is N/C(CC(Nc1cc(F)ccc1Br)c1ccccc1)=N/O. The van der Waals surface area contributed by atoms with Gasteiger partial charge in [0, 0.05) is 10.9 Å². The van der Waals surface area contributed by atoms with Crippen molar-refractivity contribution in [2.75, 3.05) is 5.32 Å². The Hall–Kier alpha value is -2.08. The van der Waals surface area contributed by atoms with Gasteiger partial charge in [-0.2, -0.15) is 0 Å². The first-order chi connectivity index (χ1) is 10.1. The van der Waals surface area contributed by atoms with Gasteiger partial charge in [-0.25, -0.2) is 4.39 Å². The minimum Gasteiger partial charge on any atom is -0.409 e. The van der Waals surface area contributed by atoms with Gasteiger partial charge in [-0.05, 0) is 39.7 Å². The molecule has 0 aliphatic rings. The third kappa shape index (κ3) is 4.19. The molecule has 0 amide bonds. The Morgan fingerprint density at radius 3 is 2.67 bits per heavy atom. The summed E-state index contributed by atoms with van der Waals surface area (Å²) in [6.45, 7) is 0. The summed E-state index contributed by atoms with van der Waals surface area (Å²) in [6, 6.07) is 13.7. The first-order valence-electron chi connectivity index (χ1n) is 6.33. The van der Waals surface area contributed by atoms with Crippen LogP contribution in [0.5, 0.6) is 0 Å². The maximum atomic E-state index is 13.4. The topological polar surface area (TPSA) is 70.6 Å². The molecule has 0 saturated heterocycles. The van der Waals surface area contributed by atoms with Crippen molar-refractivity contribution in [3.8, 4) is 0 Å².